The third-order valence-electron chi connectivity index (χ3n) is 1.82. The van der Waals surface area contributed by atoms with Crippen molar-refractivity contribution in [1.82, 2.24) is 4.98 Å². The smallest absolute Gasteiger partial charge is 0.149 e. The van der Waals surface area contributed by atoms with Crippen molar-refractivity contribution in [1.29, 1.82) is 0 Å². The first kappa shape index (κ1) is 11.6. The molecule has 0 saturated heterocycles. The van der Waals surface area contributed by atoms with Gasteiger partial charge in [-0.15, -0.1) is 0 Å². The van der Waals surface area contributed by atoms with E-state index in [9.17, 15) is 0 Å². The Morgan fingerprint density at radius 2 is 2.13 bits per heavy atom. The van der Waals surface area contributed by atoms with E-state index in [4.69, 9.17) is 16.2 Å². The van der Waals surface area contributed by atoms with Crippen LogP contribution in [-0.4, -0.2) is 24.2 Å². The maximum atomic E-state index is 5.57. The number of nitrogen functional groups attached to an aromatic ring is 2. The first-order chi connectivity index (χ1) is 7.09. The van der Waals surface area contributed by atoms with Gasteiger partial charge in [0, 0.05) is 6.54 Å². The van der Waals surface area contributed by atoms with Crippen molar-refractivity contribution in [2.24, 2.45) is 0 Å². The lowest BCUT2D eigenvalue weighted by Gasteiger charge is -2.09. The summed E-state index contributed by atoms with van der Waals surface area (Å²) >= 11 is 0. The summed E-state index contributed by atoms with van der Waals surface area (Å²) < 4.78 is 5.37. The van der Waals surface area contributed by atoms with Crippen LogP contribution >= 0.6 is 0 Å². The normalized spacial score (nSPS) is 10.6. The second-order valence-electron chi connectivity index (χ2n) is 3.52. The van der Waals surface area contributed by atoms with Crippen LogP contribution in [0.25, 0.3) is 0 Å². The van der Waals surface area contributed by atoms with Crippen molar-refractivity contribution in [3.8, 4) is 0 Å². The molecule has 5 nitrogen and oxygen atoms in total. The van der Waals surface area contributed by atoms with Crippen LogP contribution in [0.3, 0.4) is 0 Å². The van der Waals surface area contributed by atoms with Crippen molar-refractivity contribution in [3.63, 3.8) is 0 Å². The van der Waals surface area contributed by atoms with E-state index in [1.807, 2.05) is 13.8 Å². The van der Waals surface area contributed by atoms with Crippen LogP contribution in [0.5, 0.6) is 0 Å². The highest BCUT2D eigenvalue weighted by Gasteiger charge is 1.98. The number of nitrogens with two attached hydrogens (primary N) is 2. The van der Waals surface area contributed by atoms with Gasteiger partial charge in [0.05, 0.1) is 18.4 Å². The van der Waals surface area contributed by atoms with Gasteiger partial charge in [-0.05, 0) is 26.0 Å². The van der Waals surface area contributed by atoms with Gasteiger partial charge in [-0.1, -0.05) is 0 Å². The Morgan fingerprint density at radius 3 is 2.73 bits per heavy atom. The summed E-state index contributed by atoms with van der Waals surface area (Å²) in [4.78, 5) is 4.08. The maximum absolute atomic E-state index is 5.57. The van der Waals surface area contributed by atoms with Crippen molar-refractivity contribution < 1.29 is 4.74 Å². The van der Waals surface area contributed by atoms with Crippen LogP contribution in [0, 0.1) is 0 Å². The molecular formula is C10H18N4O. The number of aromatic nitrogens is 1. The van der Waals surface area contributed by atoms with E-state index in [2.05, 4.69) is 10.3 Å². The van der Waals surface area contributed by atoms with E-state index in [0.29, 0.717) is 30.5 Å². The molecule has 0 saturated carbocycles. The molecule has 5 N–H and O–H groups in total. The third kappa shape index (κ3) is 4.03. The van der Waals surface area contributed by atoms with Crippen LogP contribution in [0.2, 0.25) is 0 Å². The monoisotopic (exact) mass is 210 g/mol. The molecule has 0 fully saturated rings. The molecule has 0 aliphatic carbocycles. The summed E-state index contributed by atoms with van der Waals surface area (Å²) in [5.74, 6) is 1.07. The lowest BCUT2D eigenvalue weighted by Crippen LogP contribution is -2.14. The molecule has 0 bridgehead atoms. The Hall–Kier alpha value is -1.49. The summed E-state index contributed by atoms with van der Waals surface area (Å²) in [7, 11) is 0. The van der Waals surface area contributed by atoms with Crippen LogP contribution in [0.1, 0.15) is 13.8 Å². The first-order valence-electron chi connectivity index (χ1n) is 4.97. The number of pyridine rings is 1. The van der Waals surface area contributed by atoms with E-state index >= 15 is 0 Å². The number of ether oxygens (including phenoxy) is 1. The van der Waals surface area contributed by atoms with E-state index in [-0.39, 0.29) is 6.10 Å². The fraction of sp³-hybridized carbons (Fsp3) is 0.500. The van der Waals surface area contributed by atoms with Crippen molar-refractivity contribution >= 4 is 17.3 Å². The van der Waals surface area contributed by atoms with Gasteiger partial charge in [0.25, 0.3) is 0 Å². The zero-order valence-corrected chi connectivity index (χ0v) is 9.16. The molecule has 0 aliphatic heterocycles. The average molecular weight is 210 g/mol. The Labute approximate surface area is 89.8 Å². The molecule has 1 rings (SSSR count). The fourth-order valence-corrected chi connectivity index (χ4v) is 1.06. The number of anilines is 3. The van der Waals surface area contributed by atoms with Crippen LogP contribution in [-0.2, 0) is 4.74 Å². The molecule has 0 aliphatic rings. The summed E-state index contributed by atoms with van der Waals surface area (Å²) in [5, 5.41) is 3.10. The lowest BCUT2D eigenvalue weighted by molar-refractivity contribution is 0.0870. The van der Waals surface area contributed by atoms with Gasteiger partial charge >= 0.3 is 0 Å². The molecule has 1 aromatic rings. The van der Waals surface area contributed by atoms with Crippen molar-refractivity contribution in [2.45, 2.75) is 20.0 Å². The van der Waals surface area contributed by atoms with Gasteiger partial charge in [-0.3, -0.25) is 0 Å². The number of rotatable bonds is 5. The van der Waals surface area contributed by atoms with E-state index in [1.54, 1.807) is 12.1 Å². The minimum atomic E-state index is 0.247. The van der Waals surface area contributed by atoms with Crippen LogP contribution in [0.4, 0.5) is 17.3 Å². The highest BCUT2D eigenvalue weighted by Crippen LogP contribution is 2.14. The quantitative estimate of drug-likeness (QED) is 0.633. The third-order valence-corrected chi connectivity index (χ3v) is 1.82. The first-order valence-corrected chi connectivity index (χ1v) is 4.97. The second kappa shape index (κ2) is 5.41. The van der Waals surface area contributed by atoms with E-state index in [0.717, 1.165) is 0 Å². The molecule has 1 aromatic heterocycles. The number of nitrogens with one attached hydrogen (secondary N) is 1. The van der Waals surface area contributed by atoms with Gasteiger partial charge in [0.1, 0.15) is 11.6 Å². The van der Waals surface area contributed by atoms with Crippen LogP contribution in [0.15, 0.2) is 12.1 Å². The molecule has 15 heavy (non-hydrogen) atoms. The molecular weight excluding hydrogens is 192 g/mol. The van der Waals surface area contributed by atoms with Gasteiger partial charge in [0.2, 0.25) is 0 Å². The Kier molecular flexibility index (Phi) is 4.17. The zero-order valence-electron chi connectivity index (χ0n) is 9.16. The molecule has 84 valence electrons. The van der Waals surface area contributed by atoms with Gasteiger partial charge in [-0.25, -0.2) is 4.98 Å². The Morgan fingerprint density at radius 1 is 1.40 bits per heavy atom. The lowest BCUT2D eigenvalue weighted by atomic mass is 10.4. The minimum absolute atomic E-state index is 0.247. The van der Waals surface area contributed by atoms with Gasteiger partial charge in [-0.2, -0.15) is 0 Å². The van der Waals surface area contributed by atoms with Gasteiger partial charge < -0.3 is 21.5 Å². The molecule has 0 amide bonds. The van der Waals surface area contributed by atoms with Crippen molar-refractivity contribution in [2.75, 3.05) is 29.9 Å². The molecule has 0 aromatic carbocycles. The molecule has 0 unspecified atom stereocenters. The fourth-order valence-electron chi connectivity index (χ4n) is 1.06. The largest absolute Gasteiger partial charge is 0.396 e. The summed E-state index contributed by atoms with van der Waals surface area (Å²) in [5.41, 5.74) is 11.6. The predicted octanol–water partition coefficient (Wildman–Crippen LogP) is 1.08. The van der Waals surface area contributed by atoms with E-state index in [1.165, 1.54) is 0 Å². The molecule has 0 spiro atoms. The summed E-state index contributed by atoms with van der Waals surface area (Å²) in [6.07, 6.45) is 0.247. The number of hydrogen-bond donors (Lipinski definition) is 3. The highest BCUT2D eigenvalue weighted by atomic mass is 16.5. The van der Waals surface area contributed by atoms with Gasteiger partial charge in [0.15, 0.2) is 0 Å². The number of hydrogen-bond acceptors (Lipinski definition) is 5. The summed E-state index contributed by atoms with van der Waals surface area (Å²) in [6, 6.07) is 3.52. The zero-order chi connectivity index (χ0) is 11.3. The average Bonchev–Trinajstić information content (AvgIpc) is 2.18. The van der Waals surface area contributed by atoms with Crippen molar-refractivity contribution in [3.05, 3.63) is 12.1 Å². The maximum Gasteiger partial charge on any atom is 0.149 e. The minimum Gasteiger partial charge on any atom is -0.396 e. The second-order valence-corrected chi connectivity index (χ2v) is 3.52. The molecule has 0 atom stereocenters. The van der Waals surface area contributed by atoms with Crippen LogP contribution < -0.4 is 16.8 Å². The summed E-state index contributed by atoms with van der Waals surface area (Å²) in [6.45, 7) is 5.34. The molecule has 0 radical (unpaired) electrons. The highest BCUT2D eigenvalue weighted by molar-refractivity contribution is 5.61. The number of nitrogens with zero attached hydrogens (tertiary/aromatic N) is 1. The molecule has 1 heterocycles. The predicted molar refractivity (Wildman–Crippen MR) is 62.6 cm³/mol. The Balaban J connectivity index is 2.35. The Bertz CT molecular complexity index is 314. The molecule has 5 heteroatoms. The standard InChI is InChI=1S/C10H18N4O/c1-7(2)15-6-5-13-9-4-3-8(11)10(12)14-9/h3-4,7H,5-6,11H2,1-2H3,(H3,12,13,14). The van der Waals surface area contributed by atoms with E-state index < -0.39 is 0 Å². The topological polar surface area (TPSA) is 86.2 Å². The SMILES string of the molecule is CC(C)OCCNc1ccc(N)c(N)n1.